The Morgan fingerprint density at radius 2 is 2.18 bits per heavy atom. The zero-order valence-corrected chi connectivity index (χ0v) is 11.1. The molecule has 1 rings (SSSR count). The number of carbonyl (C=O) groups is 1. The minimum atomic E-state index is -3.49. The van der Waals surface area contributed by atoms with Crippen LogP contribution in [-0.4, -0.2) is 54.3 Å². The molecule has 100 valence electrons. The fourth-order valence-electron chi connectivity index (χ4n) is 2.07. The average molecular weight is 264 g/mol. The van der Waals surface area contributed by atoms with Crippen molar-refractivity contribution < 1.29 is 18.3 Å². The van der Waals surface area contributed by atoms with Crippen molar-refractivity contribution in [1.82, 2.24) is 8.61 Å². The first-order valence-electron chi connectivity index (χ1n) is 5.84. The molecule has 1 fully saturated rings. The summed E-state index contributed by atoms with van der Waals surface area (Å²) in [6.45, 7) is 2.53. The molecule has 0 saturated carbocycles. The van der Waals surface area contributed by atoms with Gasteiger partial charge in [0, 0.05) is 26.2 Å². The molecule has 1 aliphatic rings. The molecule has 1 aliphatic heterocycles. The van der Waals surface area contributed by atoms with Crippen LogP contribution in [0.25, 0.3) is 0 Å². The molecule has 17 heavy (non-hydrogen) atoms. The van der Waals surface area contributed by atoms with Gasteiger partial charge in [-0.2, -0.15) is 17.0 Å². The van der Waals surface area contributed by atoms with Crippen LogP contribution < -0.4 is 0 Å². The van der Waals surface area contributed by atoms with Crippen molar-refractivity contribution in [2.45, 2.75) is 38.6 Å². The maximum Gasteiger partial charge on any atom is 0.304 e. The lowest BCUT2D eigenvalue weighted by Crippen LogP contribution is -2.44. The molecule has 1 heterocycles. The highest BCUT2D eigenvalue weighted by atomic mass is 32.2. The lowest BCUT2D eigenvalue weighted by atomic mass is 10.2. The van der Waals surface area contributed by atoms with Crippen molar-refractivity contribution in [3.63, 3.8) is 0 Å². The van der Waals surface area contributed by atoms with Crippen LogP contribution in [0.3, 0.4) is 0 Å². The summed E-state index contributed by atoms with van der Waals surface area (Å²) < 4.78 is 27.0. The molecule has 0 aliphatic carbocycles. The zero-order valence-electron chi connectivity index (χ0n) is 10.3. The molecule has 1 unspecified atom stereocenters. The van der Waals surface area contributed by atoms with Crippen LogP contribution in [0.5, 0.6) is 0 Å². The predicted molar refractivity (Wildman–Crippen MR) is 63.8 cm³/mol. The lowest BCUT2D eigenvalue weighted by Gasteiger charge is -2.27. The van der Waals surface area contributed by atoms with Gasteiger partial charge >= 0.3 is 5.97 Å². The molecule has 0 spiro atoms. The van der Waals surface area contributed by atoms with Crippen LogP contribution in [-0.2, 0) is 15.0 Å². The normalized spacial score (nSPS) is 22.2. The first kappa shape index (κ1) is 14.4. The molecule has 0 amide bonds. The van der Waals surface area contributed by atoms with E-state index in [1.54, 1.807) is 0 Å². The number of hydrogen-bond donors (Lipinski definition) is 1. The maximum absolute atomic E-state index is 12.2. The van der Waals surface area contributed by atoms with Gasteiger partial charge < -0.3 is 5.11 Å². The number of carboxylic acids is 1. The highest BCUT2D eigenvalue weighted by molar-refractivity contribution is 7.86. The summed E-state index contributed by atoms with van der Waals surface area (Å²) in [7, 11) is -2.06. The number of rotatable bonds is 6. The molecular formula is C10H20N2O4S. The van der Waals surface area contributed by atoms with Crippen LogP contribution in [0.4, 0.5) is 0 Å². The summed E-state index contributed by atoms with van der Waals surface area (Å²) in [5.41, 5.74) is 0. The second-order valence-electron chi connectivity index (χ2n) is 4.29. The van der Waals surface area contributed by atoms with Gasteiger partial charge in [-0.3, -0.25) is 4.79 Å². The van der Waals surface area contributed by atoms with Crippen LogP contribution in [0.15, 0.2) is 0 Å². The Morgan fingerprint density at radius 1 is 1.53 bits per heavy atom. The van der Waals surface area contributed by atoms with E-state index in [2.05, 4.69) is 0 Å². The Hall–Kier alpha value is -0.660. The van der Waals surface area contributed by atoms with E-state index in [9.17, 15) is 13.2 Å². The van der Waals surface area contributed by atoms with E-state index in [1.165, 1.54) is 11.4 Å². The second-order valence-corrected chi connectivity index (χ2v) is 6.28. The fraction of sp³-hybridized carbons (Fsp3) is 0.900. The molecule has 1 saturated heterocycles. The van der Waals surface area contributed by atoms with Gasteiger partial charge in [-0.25, -0.2) is 0 Å². The Morgan fingerprint density at radius 3 is 2.71 bits per heavy atom. The second kappa shape index (κ2) is 5.79. The van der Waals surface area contributed by atoms with Gasteiger partial charge in [0.2, 0.25) is 0 Å². The molecule has 0 aromatic heterocycles. The van der Waals surface area contributed by atoms with E-state index in [0.29, 0.717) is 6.54 Å². The largest absolute Gasteiger partial charge is 0.481 e. The Kier molecular flexibility index (Phi) is 4.91. The SMILES string of the molecule is CCC1CCCN1S(=O)(=O)N(C)CCC(=O)O. The van der Waals surface area contributed by atoms with Crippen LogP contribution >= 0.6 is 0 Å². The lowest BCUT2D eigenvalue weighted by molar-refractivity contribution is -0.137. The molecule has 6 nitrogen and oxygen atoms in total. The van der Waals surface area contributed by atoms with Crippen LogP contribution in [0.1, 0.15) is 32.6 Å². The molecular weight excluding hydrogens is 244 g/mol. The van der Waals surface area contributed by atoms with Crippen LogP contribution in [0.2, 0.25) is 0 Å². The van der Waals surface area contributed by atoms with E-state index in [4.69, 9.17) is 5.11 Å². The first-order valence-corrected chi connectivity index (χ1v) is 7.24. The number of nitrogens with zero attached hydrogens (tertiary/aromatic N) is 2. The zero-order chi connectivity index (χ0) is 13.1. The van der Waals surface area contributed by atoms with E-state index in [0.717, 1.165) is 23.6 Å². The highest BCUT2D eigenvalue weighted by Gasteiger charge is 2.35. The third-order valence-electron chi connectivity index (χ3n) is 3.13. The molecule has 1 N–H and O–H groups in total. The molecule has 7 heteroatoms. The summed E-state index contributed by atoms with van der Waals surface area (Å²) in [5.74, 6) is -0.986. The van der Waals surface area contributed by atoms with Crippen molar-refractivity contribution in [3.05, 3.63) is 0 Å². The van der Waals surface area contributed by atoms with Crippen LogP contribution in [0, 0.1) is 0 Å². The molecule has 0 aromatic carbocycles. The Bertz CT molecular complexity index is 369. The van der Waals surface area contributed by atoms with Crippen molar-refractivity contribution >= 4 is 16.2 Å². The smallest absolute Gasteiger partial charge is 0.304 e. The summed E-state index contributed by atoms with van der Waals surface area (Å²) >= 11 is 0. The predicted octanol–water partition coefficient (Wildman–Crippen LogP) is 0.512. The summed E-state index contributed by atoms with van der Waals surface area (Å²) in [4.78, 5) is 10.4. The molecule has 0 radical (unpaired) electrons. The van der Waals surface area contributed by atoms with Gasteiger partial charge in [0.05, 0.1) is 6.42 Å². The maximum atomic E-state index is 12.2. The van der Waals surface area contributed by atoms with Gasteiger partial charge in [-0.1, -0.05) is 6.92 Å². The van der Waals surface area contributed by atoms with Crippen molar-refractivity contribution in [3.8, 4) is 0 Å². The Balaban J connectivity index is 2.69. The number of carboxylic acid groups (broad SMARTS) is 1. The highest BCUT2D eigenvalue weighted by Crippen LogP contribution is 2.24. The van der Waals surface area contributed by atoms with Crippen molar-refractivity contribution in [2.75, 3.05) is 20.1 Å². The van der Waals surface area contributed by atoms with Gasteiger partial charge in [-0.15, -0.1) is 0 Å². The van der Waals surface area contributed by atoms with E-state index < -0.39 is 16.2 Å². The number of hydrogen-bond acceptors (Lipinski definition) is 3. The number of aliphatic carboxylic acids is 1. The van der Waals surface area contributed by atoms with Crippen molar-refractivity contribution in [1.29, 1.82) is 0 Å². The third-order valence-corrected chi connectivity index (χ3v) is 5.17. The Labute approximate surface area is 102 Å². The standard InChI is InChI=1S/C10H20N2O4S/c1-3-9-5-4-7-12(9)17(15,16)11(2)8-6-10(13)14/h9H,3-8H2,1-2H3,(H,13,14). The topological polar surface area (TPSA) is 77.9 Å². The van der Waals surface area contributed by atoms with Gasteiger partial charge in [0.15, 0.2) is 0 Å². The van der Waals surface area contributed by atoms with Gasteiger partial charge in [0.25, 0.3) is 10.2 Å². The van der Waals surface area contributed by atoms with Gasteiger partial charge in [-0.05, 0) is 19.3 Å². The van der Waals surface area contributed by atoms with Crippen molar-refractivity contribution in [2.24, 2.45) is 0 Å². The van der Waals surface area contributed by atoms with E-state index in [1.807, 2.05) is 6.92 Å². The summed E-state index contributed by atoms with van der Waals surface area (Å²) in [6.07, 6.45) is 2.40. The molecule has 0 aromatic rings. The third kappa shape index (κ3) is 3.40. The monoisotopic (exact) mass is 264 g/mol. The summed E-state index contributed by atoms with van der Waals surface area (Å²) in [6, 6.07) is 0.0623. The molecule has 1 atom stereocenters. The first-order chi connectivity index (χ1) is 7.89. The van der Waals surface area contributed by atoms with E-state index >= 15 is 0 Å². The quantitative estimate of drug-likeness (QED) is 0.758. The minimum absolute atomic E-state index is 0.0185. The van der Waals surface area contributed by atoms with E-state index in [-0.39, 0.29) is 19.0 Å². The average Bonchev–Trinajstić information content (AvgIpc) is 2.74. The summed E-state index contributed by atoms with van der Waals surface area (Å²) in [5, 5.41) is 8.56. The fourth-order valence-corrected chi connectivity index (χ4v) is 3.74. The van der Waals surface area contributed by atoms with Gasteiger partial charge in [0.1, 0.15) is 0 Å². The minimum Gasteiger partial charge on any atom is -0.481 e. The molecule has 0 bridgehead atoms.